The molecule has 2 aromatic heterocycles. The molecule has 0 bridgehead atoms. The van der Waals surface area contributed by atoms with Crippen LogP contribution >= 0.6 is 0 Å². The highest BCUT2D eigenvalue weighted by Gasteiger charge is 2.19. The Morgan fingerprint density at radius 3 is 2.73 bits per heavy atom. The number of aryl methyl sites for hydroxylation is 1. The normalized spacial score (nSPS) is 14.7. The Balaban J connectivity index is 1.83. The maximum atomic E-state index is 12.6. The fourth-order valence-corrected chi connectivity index (χ4v) is 2.73. The Hall–Kier alpha value is -2.43. The van der Waals surface area contributed by atoms with Gasteiger partial charge in [-0.15, -0.1) is 0 Å². The molecule has 1 aliphatic rings. The molecule has 1 aliphatic heterocycles. The molecule has 1 amide bonds. The fraction of sp³-hybridized carbons (Fsp3) is 0.353. The number of hydrogen-bond donors (Lipinski definition) is 1. The van der Waals surface area contributed by atoms with Crippen molar-refractivity contribution in [3.63, 3.8) is 0 Å². The number of pyridine rings is 2. The molecule has 1 fully saturated rings. The van der Waals surface area contributed by atoms with Crippen LogP contribution in [0.15, 0.2) is 36.5 Å². The van der Waals surface area contributed by atoms with E-state index < -0.39 is 0 Å². The summed E-state index contributed by atoms with van der Waals surface area (Å²) in [6.45, 7) is 3.82. The van der Waals surface area contributed by atoms with E-state index in [0.29, 0.717) is 11.4 Å². The van der Waals surface area contributed by atoms with Crippen LogP contribution < -0.4 is 10.2 Å². The summed E-state index contributed by atoms with van der Waals surface area (Å²) in [5.41, 5.74) is 1.48. The second-order valence-electron chi connectivity index (χ2n) is 5.54. The van der Waals surface area contributed by atoms with Crippen LogP contribution in [-0.2, 0) is 0 Å². The van der Waals surface area contributed by atoms with Gasteiger partial charge >= 0.3 is 0 Å². The lowest BCUT2D eigenvalue weighted by molar-refractivity contribution is 0.102. The van der Waals surface area contributed by atoms with E-state index in [9.17, 15) is 4.79 Å². The van der Waals surface area contributed by atoms with Gasteiger partial charge in [0.15, 0.2) is 0 Å². The SMILES string of the molecule is Cc1cccc(NC(=O)c2cccnc2N2CCCCC2)n1. The lowest BCUT2D eigenvalue weighted by atomic mass is 10.1. The number of anilines is 2. The van der Waals surface area contributed by atoms with Gasteiger partial charge in [0.05, 0.1) is 5.56 Å². The number of nitrogens with zero attached hydrogens (tertiary/aromatic N) is 3. The number of rotatable bonds is 3. The largest absolute Gasteiger partial charge is 0.356 e. The molecule has 0 spiro atoms. The van der Waals surface area contributed by atoms with Gasteiger partial charge in [-0.05, 0) is 50.5 Å². The summed E-state index contributed by atoms with van der Waals surface area (Å²) in [7, 11) is 0. The van der Waals surface area contributed by atoms with Crippen molar-refractivity contribution in [3.8, 4) is 0 Å². The summed E-state index contributed by atoms with van der Waals surface area (Å²) in [4.78, 5) is 23.5. The molecule has 5 heteroatoms. The minimum atomic E-state index is -0.160. The van der Waals surface area contributed by atoms with Crippen molar-refractivity contribution in [1.82, 2.24) is 9.97 Å². The van der Waals surface area contributed by atoms with E-state index in [-0.39, 0.29) is 5.91 Å². The maximum Gasteiger partial charge on any atom is 0.260 e. The first-order chi connectivity index (χ1) is 10.7. The first kappa shape index (κ1) is 14.5. The number of aromatic nitrogens is 2. The summed E-state index contributed by atoms with van der Waals surface area (Å²) >= 11 is 0. The summed E-state index contributed by atoms with van der Waals surface area (Å²) in [6.07, 6.45) is 5.29. The van der Waals surface area contributed by atoms with Gasteiger partial charge in [0.25, 0.3) is 5.91 Å². The highest BCUT2D eigenvalue weighted by Crippen LogP contribution is 2.22. The molecule has 114 valence electrons. The lowest BCUT2D eigenvalue weighted by Crippen LogP contribution is -2.32. The average Bonchev–Trinajstić information content (AvgIpc) is 2.56. The van der Waals surface area contributed by atoms with Crippen molar-refractivity contribution in [2.75, 3.05) is 23.3 Å². The highest BCUT2D eigenvalue weighted by atomic mass is 16.1. The van der Waals surface area contributed by atoms with Gasteiger partial charge < -0.3 is 10.2 Å². The van der Waals surface area contributed by atoms with Gasteiger partial charge in [-0.3, -0.25) is 4.79 Å². The van der Waals surface area contributed by atoms with Crippen LogP contribution in [0.2, 0.25) is 0 Å². The molecule has 5 nitrogen and oxygen atoms in total. The molecule has 22 heavy (non-hydrogen) atoms. The summed E-state index contributed by atoms with van der Waals surface area (Å²) in [5, 5.41) is 2.86. The molecule has 1 N–H and O–H groups in total. The van der Waals surface area contributed by atoms with Crippen LogP contribution in [0, 0.1) is 6.92 Å². The predicted molar refractivity (Wildman–Crippen MR) is 87.2 cm³/mol. The molecule has 0 aliphatic carbocycles. The quantitative estimate of drug-likeness (QED) is 0.946. The van der Waals surface area contributed by atoms with Crippen LogP contribution in [0.3, 0.4) is 0 Å². The second kappa shape index (κ2) is 6.56. The third-order valence-corrected chi connectivity index (χ3v) is 3.82. The van der Waals surface area contributed by atoms with Gasteiger partial charge in [0.1, 0.15) is 11.6 Å². The van der Waals surface area contributed by atoms with E-state index >= 15 is 0 Å². The Labute approximate surface area is 130 Å². The highest BCUT2D eigenvalue weighted by molar-refractivity contribution is 6.07. The van der Waals surface area contributed by atoms with Gasteiger partial charge in [-0.2, -0.15) is 0 Å². The molecule has 0 atom stereocenters. The average molecular weight is 296 g/mol. The van der Waals surface area contributed by atoms with E-state index in [1.165, 1.54) is 6.42 Å². The van der Waals surface area contributed by atoms with Gasteiger partial charge in [0, 0.05) is 25.0 Å². The Bertz CT molecular complexity index is 665. The zero-order chi connectivity index (χ0) is 15.4. The number of amides is 1. The fourth-order valence-electron chi connectivity index (χ4n) is 2.73. The Kier molecular flexibility index (Phi) is 4.32. The number of carbonyl (C=O) groups is 1. The molecule has 0 radical (unpaired) electrons. The molecular weight excluding hydrogens is 276 g/mol. The smallest absolute Gasteiger partial charge is 0.260 e. The molecule has 2 aromatic rings. The zero-order valence-electron chi connectivity index (χ0n) is 12.7. The van der Waals surface area contributed by atoms with E-state index in [0.717, 1.165) is 37.4 Å². The van der Waals surface area contributed by atoms with E-state index in [4.69, 9.17) is 0 Å². The Morgan fingerprint density at radius 2 is 1.95 bits per heavy atom. The molecule has 3 heterocycles. The van der Waals surface area contributed by atoms with Crippen molar-refractivity contribution in [2.24, 2.45) is 0 Å². The maximum absolute atomic E-state index is 12.6. The predicted octanol–water partition coefficient (Wildman–Crippen LogP) is 3.03. The standard InChI is InChI=1S/C17H20N4O/c1-13-7-5-9-15(19-13)20-17(22)14-8-6-10-18-16(14)21-11-3-2-4-12-21/h5-10H,2-4,11-12H2,1H3,(H,19,20,22). The monoisotopic (exact) mass is 296 g/mol. The zero-order valence-corrected chi connectivity index (χ0v) is 12.7. The van der Waals surface area contributed by atoms with Crippen molar-refractivity contribution >= 4 is 17.5 Å². The third kappa shape index (κ3) is 3.24. The first-order valence-corrected chi connectivity index (χ1v) is 7.69. The van der Waals surface area contributed by atoms with E-state index in [2.05, 4.69) is 20.2 Å². The third-order valence-electron chi connectivity index (χ3n) is 3.82. The first-order valence-electron chi connectivity index (χ1n) is 7.69. The van der Waals surface area contributed by atoms with Crippen molar-refractivity contribution in [3.05, 3.63) is 47.8 Å². The number of hydrogen-bond acceptors (Lipinski definition) is 4. The van der Waals surface area contributed by atoms with Gasteiger partial charge in [-0.25, -0.2) is 9.97 Å². The molecular formula is C17H20N4O. The molecule has 3 rings (SSSR count). The molecule has 0 aromatic carbocycles. The Morgan fingerprint density at radius 1 is 1.14 bits per heavy atom. The van der Waals surface area contributed by atoms with Gasteiger partial charge in [0.2, 0.25) is 0 Å². The minimum Gasteiger partial charge on any atom is -0.356 e. The van der Waals surface area contributed by atoms with Crippen LogP contribution in [0.4, 0.5) is 11.6 Å². The summed E-state index contributed by atoms with van der Waals surface area (Å²) < 4.78 is 0. The van der Waals surface area contributed by atoms with Gasteiger partial charge in [-0.1, -0.05) is 6.07 Å². The minimum absolute atomic E-state index is 0.160. The van der Waals surface area contributed by atoms with Crippen molar-refractivity contribution in [1.29, 1.82) is 0 Å². The van der Waals surface area contributed by atoms with Crippen LogP contribution in [0.5, 0.6) is 0 Å². The molecule has 0 saturated carbocycles. The topological polar surface area (TPSA) is 58.1 Å². The van der Waals surface area contributed by atoms with Crippen molar-refractivity contribution < 1.29 is 4.79 Å². The van der Waals surface area contributed by atoms with Crippen LogP contribution in [-0.4, -0.2) is 29.0 Å². The molecule has 1 saturated heterocycles. The van der Waals surface area contributed by atoms with E-state index in [1.54, 1.807) is 18.3 Å². The van der Waals surface area contributed by atoms with Crippen LogP contribution in [0.25, 0.3) is 0 Å². The number of carbonyl (C=O) groups excluding carboxylic acids is 1. The second-order valence-corrected chi connectivity index (χ2v) is 5.54. The summed E-state index contributed by atoms with van der Waals surface area (Å²) in [5.74, 6) is 1.18. The molecule has 0 unspecified atom stereocenters. The van der Waals surface area contributed by atoms with Crippen LogP contribution in [0.1, 0.15) is 35.3 Å². The van der Waals surface area contributed by atoms with E-state index in [1.807, 2.05) is 25.1 Å². The lowest BCUT2D eigenvalue weighted by Gasteiger charge is -2.29. The number of piperidine rings is 1. The number of nitrogens with one attached hydrogen (secondary N) is 1. The van der Waals surface area contributed by atoms with Crippen molar-refractivity contribution in [2.45, 2.75) is 26.2 Å². The summed E-state index contributed by atoms with van der Waals surface area (Å²) in [6, 6.07) is 9.20.